The Morgan fingerprint density at radius 3 is 2.35 bits per heavy atom. The highest BCUT2D eigenvalue weighted by Gasteiger charge is 2.21. The van der Waals surface area contributed by atoms with Crippen molar-refractivity contribution in [3.8, 4) is 11.1 Å². The molecule has 0 saturated carbocycles. The zero-order valence-corrected chi connectivity index (χ0v) is 10.4. The summed E-state index contributed by atoms with van der Waals surface area (Å²) >= 11 is 0. The van der Waals surface area contributed by atoms with Gasteiger partial charge in [-0.15, -0.1) is 0 Å². The molecule has 2 nitrogen and oxygen atoms in total. The molecule has 0 saturated heterocycles. The molecule has 1 aliphatic heterocycles. The fraction of sp³-hybridized carbons (Fsp3) is 0.133. The van der Waals surface area contributed by atoms with Crippen LogP contribution in [0, 0.1) is 17.5 Å². The molecule has 20 heavy (non-hydrogen) atoms. The maximum atomic E-state index is 14.1. The second-order valence-electron chi connectivity index (χ2n) is 4.33. The van der Waals surface area contributed by atoms with Crippen LogP contribution in [0.4, 0.5) is 13.2 Å². The Hall–Kier alpha value is -2.30. The Kier molecular flexibility index (Phi) is 3.18. The predicted octanol–water partition coefficient (Wildman–Crippen LogP) is 3.55. The molecule has 0 bridgehead atoms. The summed E-state index contributed by atoms with van der Waals surface area (Å²) in [6.07, 6.45) is 0. The Balaban J connectivity index is 2.21. The van der Waals surface area contributed by atoms with E-state index in [4.69, 9.17) is 4.74 Å². The number of ether oxygens (including phenoxy) is 1. The van der Waals surface area contributed by atoms with Gasteiger partial charge in [0.05, 0.1) is 6.54 Å². The van der Waals surface area contributed by atoms with Crippen LogP contribution in [0.3, 0.4) is 0 Å². The highest BCUT2D eigenvalue weighted by Crippen LogP contribution is 2.30. The summed E-state index contributed by atoms with van der Waals surface area (Å²) in [6, 6.07) is 7.63. The second-order valence-corrected chi connectivity index (χ2v) is 4.33. The molecule has 1 heterocycles. The Morgan fingerprint density at radius 1 is 0.950 bits per heavy atom. The van der Waals surface area contributed by atoms with Crippen molar-refractivity contribution in [3.05, 3.63) is 59.4 Å². The Morgan fingerprint density at radius 2 is 1.70 bits per heavy atom. The molecule has 2 aromatic carbocycles. The Labute approximate surface area is 113 Å². The highest BCUT2D eigenvalue weighted by atomic mass is 19.2. The van der Waals surface area contributed by atoms with E-state index < -0.39 is 17.5 Å². The van der Waals surface area contributed by atoms with Crippen LogP contribution in [0.25, 0.3) is 11.1 Å². The van der Waals surface area contributed by atoms with Gasteiger partial charge in [0, 0.05) is 11.1 Å². The molecule has 0 unspecified atom stereocenters. The average molecular weight is 277 g/mol. The third-order valence-electron chi connectivity index (χ3n) is 3.04. The second kappa shape index (κ2) is 5.00. The van der Waals surface area contributed by atoms with Gasteiger partial charge >= 0.3 is 0 Å². The number of hydrogen-bond acceptors (Lipinski definition) is 2. The normalized spacial score (nSPS) is 14.1. The van der Waals surface area contributed by atoms with Crippen molar-refractivity contribution in [2.24, 2.45) is 4.99 Å². The first-order valence-corrected chi connectivity index (χ1v) is 6.08. The molecule has 102 valence electrons. The number of benzene rings is 2. The maximum absolute atomic E-state index is 14.1. The van der Waals surface area contributed by atoms with E-state index >= 15 is 0 Å². The van der Waals surface area contributed by atoms with E-state index in [1.165, 1.54) is 30.3 Å². The van der Waals surface area contributed by atoms with Crippen molar-refractivity contribution >= 4 is 5.90 Å². The lowest BCUT2D eigenvalue weighted by molar-refractivity contribution is 0.348. The zero-order chi connectivity index (χ0) is 14.1. The average Bonchev–Trinajstić information content (AvgIpc) is 2.97. The summed E-state index contributed by atoms with van der Waals surface area (Å²) in [6.45, 7) is 0.897. The molecule has 0 amide bonds. The lowest BCUT2D eigenvalue weighted by Gasteiger charge is -2.11. The number of rotatable bonds is 2. The first-order chi connectivity index (χ1) is 9.66. The Bertz CT molecular complexity index is 680. The fourth-order valence-electron chi connectivity index (χ4n) is 2.13. The van der Waals surface area contributed by atoms with Crippen LogP contribution in [0.2, 0.25) is 0 Å². The quantitative estimate of drug-likeness (QED) is 0.822. The molecular weight excluding hydrogens is 267 g/mol. The van der Waals surface area contributed by atoms with Crippen LogP contribution in [-0.2, 0) is 4.74 Å². The van der Waals surface area contributed by atoms with Crippen molar-refractivity contribution in [3.63, 3.8) is 0 Å². The molecule has 1 aliphatic rings. The number of halogens is 3. The fourth-order valence-corrected chi connectivity index (χ4v) is 2.13. The van der Waals surface area contributed by atoms with Crippen LogP contribution in [-0.4, -0.2) is 19.0 Å². The SMILES string of the molecule is Fc1ccc(-c2c(C3=NCCO3)ccc(F)c2F)cc1. The molecule has 0 N–H and O–H groups in total. The van der Waals surface area contributed by atoms with E-state index in [-0.39, 0.29) is 11.5 Å². The molecule has 0 spiro atoms. The van der Waals surface area contributed by atoms with E-state index in [1.807, 2.05) is 0 Å². The van der Waals surface area contributed by atoms with Crippen LogP contribution in [0.1, 0.15) is 5.56 Å². The number of hydrogen-bond donors (Lipinski definition) is 0. The van der Waals surface area contributed by atoms with E-state index in [9.17, 15) is 13.2 Å². The van der Waals surface area contributed by atoms with Crippen molar-refractivity contribution in [1.29, 1.82) is 0 Å². The minimum absolute atomic E-state index is 0.0330. The molecule has 0 aromatic heterocycles. The van der Waals surface area contributed by atoms with Gasteiger partial charge in [-0.1, -0.05) is 12.1 Å². The largest absolute Gasteiger partial charge is 0.475 e. The lowest BCUT2D eigenvalue weighted by Crippen LogP contribution is -2.06. The topological polar surface area (TPSA) is 21.6 Å². The standard InChI is InChI=1S/C15H10F3NO/c16-10-3-1-9(2-4-10)13-11(15-19-7-8-20-15)5-6-12(17)14(13)18/h1-6H,7-8H2. The molecule has 0 fully saturated rings. The summed E-state index contributed by atoms with van der Waals surface area (Å²) in [7, 11) is 0. The van der Waals surface area contributed by atoms with Gasteiger partial charge in [0.1, 0.15) is 12.4 Å². The van der Waals surface area contributed by atoms with Gasteiger partial charge in [0.2, 0.25) is 5.90 Å². The molecule has 0 atom stereocenters. The van der Waals surface area contributed by atoms with Gasteiger partial charge < -0.3 is 4.74 Å². The predicted molar refractivity (Wildman–Crippen MR) is 69.1 cm³/mol. The van der Waals surface area contributed by atoms with Crippen LogP contribution in [0.5, 0.6) is 0 Å². The number of aliphatic imine (C=N–C) groups is 1. The smallest absolute Gasteiger partial charge is 0.217 e. The summed E-state index contributed by atoms with van der Waals surface area (Å²) in [5.41, 5.74) is 0.773. The zero-order valence-electron chi connectivity index (χ0n) is 10.4. The molecule has 5 heteroatoms. The van der Waals surface area contributed by atoms with Crippen molar-refractivity contribution < 1.29 is 17.9 Å². The first kappa shape index (κ1) is 12.7. The third kappa shape index (κ3) is 2.15. The molecule has 3 rings (SSSR count). The van der Waals surface area contributed by atoms with E-state index in [1.54, 1.807) is 0 Å². The van der Waals surface area contributed by atoms with Crippen molar-refractivity contribution in [1.82, 2.24) is 0 Å². The number of nitrogens with zero attached hydrogens (tertiary/aromatic N) is 1. The molecular formula is C15H10F3NO. The van der Waals surface area contributed by atoms with Crippen molar-refractivity contribution in [2.45, 2.75) is 0 Å². The molecule has 2 aromatic rings. The van der Waals surface area contributed by atoms with E-state index in [0.29, 0.717) is 24.3 Å². The van der Waals surface area contributed by atoms with Gasteiger partial charge in [-0.05, 0) is 29.8 Å². The van der Waals surface area contributed by atoms with Gasteiger partial charge in [0.25, 0.3) is 0 Å². The van der Waals surface area contributed by atoms with Gasteiger partial charge in [0.15, 0.2) is 11.6 Å². The maximum Gasteiger partial charge on any atom is 0.217 e. The van der Waals surface area contributed by atoms with Gasteiger partial charge in [-0.3, -0.25) is 0 Å². The molecule has 0 radical (unpaired) electrons. The summed E-state index contributed by atoms with van der Waals surface area (Å²) in [5, 5.41) is 0. The summed E-state index contributed by atoms with van der Waals surface area (Å²) in [4.78, 5) is 4.11. The minimum Gasteiger partial charge on any atom is -0.475 e. The van der Waals surface area contributed by atoms with Gasteiger partial charge in [-0.25, -0.2) is 18.2 Å². The van der Waals surface area contributed by atoms with Crippen molar-refractivity contribution in [2.75, 3.05) is 13.2 Å². The third-order valence-corrected chi connectivity index (χ3v) is 3.04. The first-order valence-electron chi connectivity index (χ1n) is 6.08. The van der Waals surface area contributed by atoms with Crippen LogP contribution >= 0.6 is 0 Å². The summed E-state index contributed by atoms with van der Waals surface area (Å²) < 4.78 is 45.9. The van der Waals surface area contributed by atoms with Crippen LogP contribution in [0.15, 0.2) is 41.4 Å². The van der Waals surface area contributed by atoms with Crippen LogP contribution < -0.4 is 0 Å². The molecule has 0 aliphatic carbocycles. The lowest BCUT2D eigenvalue weighted by atomic mass is 9.98. The van der Waals surface area contributed by atoms with E-state index in [0.717, 1.165) is 6.07 Å². The van der Waals surface area contributed by atoms with Gasteiger partial charge in [-0.2, -0.15) is 0 Å². The highest BCUT2D eigenvalue weighted by molar-refractivity contribution is 6.01. The monoisotopic (exact) mass is 277 g/mol. The van der Waals surface area contributed by atoms with E-state index in [2.05, 4.69) is 4.99 Å². The summed E-state index contributed by atoms with van der Waals surface area (Å²) in [5.74, 6) is -2.12. The minimum atomic E-state index is -0.993.